The predicted octanol–water partition coefficient (Wildman–Crippen LogP) is 8.64. The fourth-order valence-electron chi connectivity index (χ4n) is 4.41. The van der Waals surface area contributed by atoms with Crippen molar-refractivity contribution in [2.45, 2.75) is 6.92 Å². The van der Waals surface area contributed by atoms with E-state index in [0.29, 0.717) is 0 Å². The Labute approximate surface area is 189 Å². The molecule has 0 saturated heterocycles. The van der Waals surface area contributed by atoms with Gasteiger partial charge >= 0.3 is 0 Å². The van der Waals surface area contributed by atoms with E-state index in [-0.39, 0.29) is 0 Å². The Hall–Kier alpha value is -4.10. The number of rotatable bonds is 5. The van der Waals surface area contributed by atoms with E-state index in [9.17, 15) is 0 Å². The third kappa shape index (κ3) is 3.48. The molecule has 0 aliphatic carbocycles. The minimum Gasteiger partial charge on any atom is -0.309 e. The Balaban J connectivity index is 1.74. The van der Waals surface area contributed by atoms with Crippen molar-refractivity contribution in [1.29, 1.82) is 0 Å². The first-order valence-electron chi connectivity index (χ1n) is 10.9. The maximum Gasteiger partial charge on any atom is 0.0547 e. The smallest absolute Gasteiger partial charge is 0.0547 e. The van der Waals surface area contributed by atoms with Crippen molar-refractivity contribution in [2.75, 3.05) is 0 Å². The second kappa shape index (κ2) is 8.56. The molecule has 32 heavy (non-hydrogen) atoms. The SMILES string of the molecule is C=Cc1c(/C=C\C)n(-c2ccccc2)c2cc(-c3cccc(-c4ccccc4)c3)ccc12. The lowest BCUT2D eigenvalue weighted by molar-refractivity contribution is 1.10. The number of aromatic nitrogens is 1. The summed E-state index contributed by atoms with van der Waals surface area (Å²) in [4.78, 5) is 0. The number of hydrogen-bond donors (Lipinski definition) is 0. The van der Waals surface area contributed by atoms with Gasteiger partial charge < -0.3 is 4.57 Å². The molecule has 1 heteroatoms. The van der Waals surface area contributed by atoms with Gasteiger partial charge in [0.05, 0.1) is 11.2 Å². The van der Waals surface area contributed by atoms with Gasteiger partial charge in [0.15, 0.2) is 0 Å². The van der Waals surface area contributed by atoms with Crippen LogP contribution < -0.4 is 0 Å². The van der Waals surface area contributed by atoms with Crippen LogP contribution in [0.25, 0.3) is 51.0 Å². The third-order valence-corrected chi connectivity index (χ3v) is 5.89. The molecule has 0 amide bonds. The number of allylic oxidation sites excluding steroid dienone is 1. The molecular weight excluding hydrogens is 386 g/mol. The number of para-hydroxylation sites is 1. The summed E-state index contributed by atoms with van der Waals surface area (Å²) in [6.07, 6.45) is 6.22. The number of benzene rings is 4. The second-order valence-corrected chi connectivity index (χ2v) is 7.85. The van der Waals surface area contributed by atoms with Gasteiger partial charge in [-0.3, -0.25) is 0 Å². The van der Waals surface area contributed by atoms with Gasteiger partial charge in [-0.2, -0.15) is 0 Å². The Morgan fingerprint density at radius 3 is 1.97 bits per heavy atom. The predicted molar refractivity (Wildman–Crippen MR) is 139 cm³/mol. The fourth-order valence-corrected chi connectivity index (χ4v) is 4.41. The molecule has 1 aromatic heterocycles. The first-order chi connectivity index (χ1) is 15.8. The zero-order valence-electron chi connectivity index (χ0n) is 18.2. The molecule has 0 aliphatic rings. The van der Waals surface area contributed by atoms with Gasteiger partial charge in [-0.05, 0) is 59.5 Å². The van der Waals surface area contributed by atoms with Gasteiger partial charge in [0.1, 0.15) is 0 Å². The lowest BCUT2D eigenvalue weighted by Crippen LogP contribution is -1.96. The highest BCUT2D eigenvalue weighted by Gasteiger charge is 2.15. The van der Waals surface area contributed by atoms with Crippen LogP contribution in [0.1, 0.15) is 18.2 Å². The van der Waals surface area contributed by atoms with Crippen molar-refractivity contribution < 1.29 is 0 Å². The molecule has 0 saturated carbocycles. The summed E-state index contributed by atoms with van der Waals surface area (Å²) in [6.45, 7) is 6.17. The average Bonchev–Trinajstić information content (AvgIpc) is 3.17. The molecule has 0 N–H and O–H groups in total. The monoisotopic (exact) mass is 411 g/mol. The summed E-state index contributed by atoms with van der Waals surface area (Å²) in [5.41, 5.74) is 9.51. The minimum absolute atomic E-state index is 1.15. The number of hydrogen-bond acceptors (Lipinski definition) is 0. The highest BCUT2D eigenvalue weighted by molar-refractivity contribution is 5.97. The molecule has 0 fully saturated rings. The number of nitrogens with zero attached hydrogens (tertiary/aromatic N) is 1. The molecule has 0 radical (unpaired) electrons. The van der Waals surface area contributed by atoms with Crippen molar-refractivity contribution in [3.05, 3.63) is 127 Å². The lowest BCUT2D eigenvalue weighted by atomic mass is 9.98. The maximum atomic E-state index is 4.11. The highest BCUT2D eigenvalue weighted by atomic mass is 15.0. The lowest BCUT2D eigenvalue weighted by Gasteiger charge is -2.11. The van der Waals surface area contributed by atoms with Gasteiger partial charge in [-0.1, -0.05) is 97.6 Å². The van der Waals surface area contributed by atoms with Crippen LogP contribution in [0.3, 0.4) is 0 Å². The fraction of sp³-hybridized carbons (Fsp3) is 0.0323. The molecule has 5 rings (SSSR count). The zero-order valence-corrected chi connectivity index (χ0v) is 18.2. The maximum absolute atomic E-state index is 4.11. The van der Waals surface area contributed by atoms with Crippen molar-refractivity contribution in [1.82, 2.24) is 4.57 Å². The summed E-state index contributed by atoms with van der Waals surface area (Å²) in [6, 6.07) is 36.6. The van der Waals surface area contributed by atoms with Crippen LogP contribution in [0.5, 0.6) is 0 Å². The molecule has 0 spiro atoms. The summed E-state index contributed by atoms with van der Waals surface area (Å²) in [5.74, 6) is 0. The van der Waals surface area contributed by atoms with Gasteiger partial charge in [-0.15, -0.1) is 0 Å². The molecular formula is C31H25N. The quantitative estimate of drug-likeness (QED) is 0.273. The molecule has 1 heterocycles. The van der Waals surface area contributed by atoms with E-state index < -0.39 is 0 Å². The van der Waals surface area contributed by atoms with Crippen LogP contribution in [-0.4, -0.2) is 4.57 Å². The summed E-state index contributed by atoms with van der Waals surface area (Å²) in [7, 11) is 0. The molecule has 0 atom stereocenters. The standard InChI is InChI=1S/C31H25N/c1-3-12-30-28(4-2)29-20-19-26(22-31(29)32(30)27-17-9-6-10-18-27)25-16-11-15-24(21-25)23-13-7-5-8-14-23/h3-22H,2H2,1H3/b12-3-. The van der Waals surface area contributed by atoms with Gasteiger partial charge in [0.2, 0.25) is 0 Å². The first kappa shape index (κ1) is 19.8. The van der Waals surface area contributed by atoms with E-state index in [2.05, 4.69) is 133 Å². The van der Waals surface area contributed by atoms with E-state index >= 15 is 0 Å². The van der Waals surface area contributed by atoms with E-state index in [0.717, 1.165) is 16.9 Å². The van der Waals surface area contributed by atoms with E-state index in [1.807, 2.05) is 6.08 Å². The topological polar surface area (TPSA) is 4.93 Å². The Kier molecular flexibility index (Phi) is 5.31. The van der Waals surface area contributed by atoms with E-state index in [4.69, 9.17) is 0 Å². The normalized spacial score (nSPS) is 11.3. The molecule has 0 bridgehead atoms. The first-order valence-corrected chi connectivity index (χ1v) is 10.9. The van der Waals surface area contributed by atoms with Crippen molar-refractivity contribution in [3.8, 4) is 27.9 Å². The van der Waals surface area contributed by atoms with Crippen LogP contribution >= 0.6 is 0 Å². The Morgan fingerprint density at radius 2 is 1.28 bits per heavy atom. The molecule has 1 nitrogen and oxygen atoms in total. The van der Waals surface area contributed by atoms with Crippen LogP contribution in [-0.2, 0) is 0 Å². The molecule has 0 unspecified atom stereocenters. The van der Waals surface area contributed by atoms with E-state index in [1.165, 1.54) is 33.2 Å². The zero-order chi connectivity index (χ0) is 21.9. The number of fused-ring (bicyclic) bond motifs is 1. The molecule has 5 aromatic rings. The van der Waals surface area contributed by atoms with Gasteiger partial charge in [-0.25, -0.2) is 0 Å². The summed E-state index contributed by atoms with van der Waals surface area (Å²) >= 11 is 0. The Bertz CT molecular complexity index is 1420. The molecule has 0 aliphatic heterocycles. The van der Waals surface area contributed by atoms with Crippen molar-refractivity contribution >= 4 is 23.1 Å². The largest absolute Gasteiger partial charge is 0.309 e. The minimum atomic E-state index is 1.15. The summed E-state index contributed by atoms with van der Waals surface area (Å²) in [5, 5.41) is 1.21. The second-order valence-electron chi connectivity index (χ2n) is 7.85. The molecule has 4 aromatic carbocycles. The molecule has 154 valence electrons. The summed E-state index contributed by atoms with van der Waals surface area (Å²) < 4.78 is 2.33. The Morgan fingerprint density at radius 1 is 0.656 bits per heavy atom. The van der Waals surface area contributed by atoms with Crippen molar-refractivity contribution in [3.63, 3.8) is 0 Å². The van der Waals surface area contributed by atoms with Gasteiger partial charge in [0, 0.05) is 16.6 Å². The van der Waals surface area contributed by atoms with Gasteiger partial charge in [0.25, 0.3) is 0 Å². The van der Waals surface area contributed by atoms with Crippen LogP contribution in [0, 0.1) is 0 Å². The third-order valence-electron chi connectivity index (χ3n) is 5.89. The van der Waals surface area contributed by atoms with Crippen molar-refractivity contribution in [2.24, 2.45) is 0 Å². The highest BCUT2D eigenvalue weighted by Crippen LogP contribution is 2.35. The van der Waals surface area contributed by atoms with E-state index in [1.54, 1.807) is 0 Å². The van der Waals surface area contributed by atoms with Crippen LogP contribution in [0.2, 0.25) is 0 Å². The van der Waals surface area contributed by atoms with Crippen LogP contribution in [0.4, 0.5) is 0 Å². The van der Waals surface area contributed by atoms with Crippen LogP contribution in [0.15, 0.2) is 116 Å². The average molecular weight is 412 g/mol.